The molecule has 0 fully saturated rings. The van der Waals surface area contributed by atoms with E-state index in [1.165, 1.54) is 12.2 Å². The highest BCUT2D eigenvalue weighted by Crippen LogP contribution is 2.11. The van der Waals surface area contributed by atoms with Crippen LogP contribution in [0.15, 0.2) is 36.4 Å². The number of carbonyl (C=O) groups excluding carboxylic acids is 3. The molecular formula is C18H23N3O5. The highest BCUT2D eigenvalue weighted by atomic mass is 16.4. The van der Waals surface area contributed by atoms with E-state index < -0.39 is 6.09 Å². The van der Waals surface area contributed by atoms with E-state index in [1.54, 1.807) is 24.3 Å². The number of nitrogens with one attached hydrogen (secondary N) is 1. The van der Waals surface area contributed by atoms with E-state index in [0.717, 1.165) is 29.7 Å². The average molecular weight is 361 g/mol. The molecule has 0 aromatic heterocycles. The summed E-state index contributed by atoms with van der Waals surface area (Å²) in [4.78, 5) is 43.9. The Hall–Kier alpha value is -3.16. The third-order valence-corrected chi connectivity index (χ3v) is 3.48. The van der Waals surface area contributed by atoms with Gasteiger partial charge in [0.2, 0.25) is 5.91 Å². The van der Waals surface area contributed by atoms with Gasteiger partial charge in [-0.05, 0) is 24.1 Å². The van der Waals surface area contributed by atoms with Crippen LogP contribution in [-0.4, -0.2) is 33.8 Å². The predicted octanol–water partition coefficient (Wildman–Crippen LogP) is 2.05. The lowest BCUT2D eigenvalue weighted by atomic mass is 10.1. The van der Waals surface area contributed by atoms with Gasteiger partial charge in [-0.15, -0.1) is 0 Å². The number of amides is 4. The van der Waals surface area contributed by atoms with Gasteiger partial charge in [0.25, 0.3) is 11.8 Å². The van der Waals surface area contributed by atoms with Gasteiger partial charge in [-0.3, -0.25) is 19.7 Å². The third kappa shape index (κ3) is 7.61. The number of hydrogen-bond donors (Lipinski definition) is 3. The summed E-state index contributed by atoms with van der Waals surface area (Å²) in [6, 6.07) is 6.84. The molecule has 0 saturated carbocycles. The zero-order chi connectivity index (χ0) is 19.5. The van der Waals surface area contributed by atoms with E-state index in [1.807, 2.05) is 12.2 Å². The largest absolute Gasteiger partial charge is 0.465 e. The summed E-state index contributed by atoms with van der Waals surface area (Å²) in [6.07, 6.45) is 4.11. The topological polar surface area (TPSA) is 130 Å². The smallest absolute Gasteiger partial charge is 0.414 e. The zero-order valence-electron chi connectivity index (χ0n) is 14.6. The van der Waals surface area contributed by atoms with Crippen LogP contribution in [0.3, 0.4) is 0 Å². The predicted molar refractivity (Wildman–Crippen MR) is 95.9 cm³/mol. The number of hydrogen-bond acceptors (Lipinski definition) is 5. The Morgan fingerprint density at radius 2 is 1.65 bits per heavy atom. The van der Waals surface area contributed by atoms with Crippen molar-refractivity contribution in [3.05, 3.63) is 42.0 Å². The molecule has 8 nitrogen and oxygen atoms in total. The number of benzene rings is 1. The molecule has 0 atom stereocenters. The van der Waals surface area contributed by atoms with Crippen LogP contribution < -0.4 is 11.1 Å². The Morgan fingerprint density at radius 3 is 2.08 bits per heavy atom. The Bertz CT molecular complexity index is 667. The van der Waals surface area contributed by atoms with E-state index in [0.29, 0.717) is 5.69 Å². The number of nitrogens with two attached hydrogens (primary N) is 1. The van der Waals surface area contributed by atoms with Crippen LogP contribution in [-0.2, 0) is 20.9 Å². The number of carboxylic acid groups (broad SMARTS) is 1. The molecule has 0 radical (unpaired) electrons. The molecule has 1 aromatic rings. The van der Waals surface area contributed by atoms with Gasteiger partial charge in [-0.25, -0.2) is 9.69 Å². The quantitative estimate of drug-likeness (QED) is 0.404. The number of nitrogen functional groups attached to an aromatic ring is 1. The Morgan fingerprint density at radius 1 is 1.08 bits per heavy atom. The molecule has 1 aliphatic rings. The van der Waals surface area contributed by atoms with E-state index in [2.05, 4.69) is 0 Å². The first-order valence-electron chi connectivity index (χ1n) is 8.24. The third-order valence-electron chi connectivity index (χ3n) is 3.48. The number of nitrogens with zero attached hydrogens (tertiary/aromatic N) is 1. The van der Waals surface area contributed by atoms with Crippen LogP contribution in [0, 0.1) is 0 Å². The van der Waals surface area contributed by atoms with E-state index in [4.69, 9.17) is 10.8 Å². The van der Waals surface area contributed by atoms with Crippen molar-refractivity contribution in [3.63, 3.8) is 0 Å². The fourth-order valence-corrected chi connectivity index (χ4v) is 2.09. The van der Waals surface area contributed by atoms with Crippen LogP contribution in [0.25, 0.3) is 0 Å². The molecule has 0 unspecified atom stereocenters. The summed E-state index contributed by atoms with van der Waals surface area (Å²) >= 11 is 0. The summed E-state index contributed by atoms with van der Waals surface area (Å²) < 4.78 is 0. The summed E-state index contributed by atoms with van der Waals surface area (Å²) in [5.74, 6) is -1.01. The summed E-state index contributed by atoms with van der Waals surface area (Å²) in [7, 11) is 0. The Kier molecular flexibility index (Phi) is 8.56. The first kappa shape index (κ1) is 20.9. The molecule has 4 N–H and O–H groups in total. The number of unbranched alkanes of at least 4 members (excludes halogenated alkanes) is 2. The molecule has 0 spiro atoms. The van der Waals surface area contributed by atoms with Crippen molar-refractivity contribution in [2.45, 2.75) is 39.2 Å². The summed E-state index contributed by atoms with van der Waals surface area (Å²) in [5, 5.41) is 11.1. The number of rotatable bonds is 6. The minimum Gasteiger partial charge on any atom is -0.465 e. The molecular weight excluding hydrogens is 338 g/mol. The van der Waals surface area contributed by atoms with Gasteiger partial charge in [0.1, 0.15) is 0 Å². The molecule has 2 rings (SSSR count). The van der Waals surface area contributed by atoms with Crippen molar-refractivity contribution < 1.29 is 24.3 Å². The van der Waals surface area contributed by atoms with Crippen LogP contribution in [0.2, 0.25) is 0 Å². The van der Waals surface area contributed by atoms with E-state index >= 15 is 0 Å². The summed E-state index contributed by atoms with van der Waals surface area (Å²) in [6.45, 7) is 2.11. The minimum absolute atomic E-state index is 0.0700. The van der Waals surface area contributed by atoms with Crippen molar-refractivity contribution in [3.8, 4) is 0 Å². The van der Waals surface area contributed by atoms with Gasteiger partial charge >= 0.3 is 6.09 Å². The molecule has 0 aliphatic carbocycles. The molecule has 1 aliphatic heterocycles. The van der Waals surface area contributed by atoms with E-state index in [9.17, 15) is 19.2 Å². The summed E-state index contributed by atoms with van der Waals surface area (Å²) in [5.41, 5.74) is 6.92. The number of anilines is 1. The van der Waals surface area contributed by atoms with Gasteiger partial charge in [0, 0.05) is 24.3 Å². The molecule has 140 valence electrons. The zero-order valence-corrected chi connectivity index (χ0v) is 14.6. The molecule has 0 saturated heterocycles. The monoisotopic (exact) mass is 361 g/mol. The van der Waals surface area contributed by atoms with Crippen molar-refractivity contribution >= 4 is 29.5 Å². The first-order chi connectivity index (χ1) is 12.3. The van der Waals surface area contributed by atoms with Crippen LogP contribution in [0.1, 0.15) is 38.2 Å². The number of imide groups is 2. The molecule has 8 heteroatoms. The van der Waals surface area contributed by atoms with Gasteiger partial charge in [0.05, 0.1) is 6.54 Å². The highest BCUT2D eigenvalue weighted by Gasteiger charge is 2.20. The highest BCUT2D eigenvalue weighted by molar-refractivity contribution is 6.12. The van der Waals surface area contributed by atoms with Gasteiger partial charge in [-0.1, -0.05) is 31.9 Å². The fraction of sp³-hybridized carbons (Fsp3) is 0.333. The van der Waals surface area contributed by atoms with Crippen LogP contribution in [0.5, 0.6) is 0 Å². The van der Waals surface area contributed by atoms with Crippen molar-refractivity contribution in [1.29, 1.82) is 0 Å². The molecule has 1 heterocycles. The average Bonchev–Trinajstić information content (AvgIpc) is 2.97. The van der Waals surface area contributed by atoms with Crippen molar-refractivity contribution in [2.24, 2.45) is 0 Å². The second kappa shape index (κ2) is 10.7. The van der Waals surface area contributed by atoms with Crippen molar-refractivity contribution in [1.82, 2.24) is 10.2 Å². The lowest BCUT2D eigenvalue weighted by Gasteiger charge is -2.17. The molecule has 1 aromatic carbocycles. The van der Waals surface area contributed by atoms with Crippen molar-refractivity contribution in [2.75, 3.05) is 5.73 Å². The fourth-order valence-electron chi connectivity index (χ4n) is 2.09. The van der Waals surface area contributed by atoms with Crippen LogP contribution in [0.4, 0.5) is 10.5 Å². The maximum absolute atomic E-state index is 11.9. The second-order valence-electron chi connectivity index (χ2n) is 5.65. The first-order valence-corrected chi connectivity index (χ1v) is 8.24. The normalized spacial score (nSPS) is 12.2. The second-order valence-corrected chi connectivity index (χ2v) is 5.65. The lowest BCUT2D eigenvalue weighted by Crippen LogP contribution is -2.35. The maximum Gasteiger partial charge on any atom is 0.414 e. The molecule has 4 amide bonds. The van der Waals surface area contributed by atoms with Gasteiger partial charge < -0.3 is 10.8 Å². The molecule has 0 bridgehead atoms. The SMILES string of the molecule is CCCCCC(=O)N(Cc1ccc(N)cc1)C(=O)O.O=C1C=CC(=O)N1. The number of carbonyl (C=O) groups is 4. The van der Waals surface area contributed by atoms with Gasteiger partial charge in [-0.2, -0.15) is 0 Å². The standard InChI is InChI=1S/C14H20N2O3.C4H3NO2/c1-2-3-4-5-13(17)16(14(18)19)10-11-6-8-12(15)9-7-11;6-3-1-2-4(7)5-3/h6-9H,2-5,10,15H2,1H3,(H,18,19);1-2H,(H,5,6,7). The Labute approximate surface area is 151 Å². The van der Waals surface area contributed by atoms with Crippen LogP contribution >= 0.6 is 0 Å². The maximum atomic E-state index is 11.9. The lowest BCUT2D eigenvalue weighted by molar-refractivity contribution is -0.130. The van der Waals surface area contributed by atoms with Gasteiger partial charge in [0.15, 0.2) is 0 Å². The molecule has 26 heavy (non-hydrogen) atoms. The Balaban J connectivity index is 0.000000401. The van der Waals surface area contributed by atoms with E-state index in [-0.39, 0.29) is 30.7 Å². The minimum atomic E-state index is -1.21.